The Hall–Kier alpha value is 0.0200. The molecular weight excluding hydrogens is 192 g/mol. The Bertz CT molecular complexity index is 213. The minimum atomic E-state index is 0.145. The van der Waals surface area contributed by atoms with Crippen molar-refractivity contribution >= 4 is 16.7 Å². The van der Waals surface area contributed by atoms with Crippen molar-refractivity contribution in [3.05, 3.63) is 0 Å². The summed E-state index contributed by atoms with van der Waals surface area (Å²) in [7, 11) is 0.293. The molecule has 2 heteroatoms. The van der Waals surface area contributed by atoms with E-state index in [0.29, 0.717) is 16.7 Å². The monoisotopic (exact) mass is 213 g/mol. The van der Waals surface area contributed by atoms with Crippen LogP contribution in [0, 0.1) is 11.3 Å². The predicted molar refractivity (Wildman–Crippen MR) is 62.7 cm³/mol. The van der Waals surface area contributed by atoms with Gasteiger partial charge in [-0.2, -0.15) is 0 Å². The summed E-state index contributed by atoms with van der Waals surface area (Å²) in [6, 6.07) is 0. The van der Waals surface area contributed by atoms with Crippen LogP contribution in [-0.4, -0.2) is 24.0 Å². The molecule has 1 nitrogen and oxygen atoms in total. The van der Waals surface area contributed by atoms with E-state index in [1.54, 1.807) is 0 Å². The highest BCUT2D eigenvalue weighted by molar-refractivity contribution is 7.96. The van der Waals surface area contributed by atoms with Crippen molar-refractivity contribution in [2.75, 3.05) is 18.3 Å². The molecule has 0 heterocycles. The summed E-state index contributed by atoms with van der Waals surface area (Å²) in [5.74, 6) is 2.39. The quantitative estimate of drug-likeness (QED) is 0.658. The van der Waals surface area contributed by atoms with E-state index in [-0.39, 0.29) is 5.41 Å². The molecule has 3 aliphatic carbocycles. The molecule has 14 heavy (non-hydrogen) atoms. The minimum Gasteiger partial charge on any atom is -0.294 e. The van der Waals surface area contributed by atoms with Gasteiger partial charge in [-0.15, -0.1) is 0 Å². The molecule has 0 saturated heterocycles. The zero-order chi connectivity index (χ0) is 10.2. The molecule has 0 spiro atoms. The first-order chi connectivity index (χ1) is 6.62. The number of hydrogen-bond donors (Lipinski definition) is 0. The fourth-order valence-corrected chi connectivity index (χ4v) is 3.91. The van der Waals surface area contributed by atoms with Crippen molar-refractivity contribution < 1.29 is 4.79 Å². The number of ketones is 1. The molecule has 3 rings (SSSR count). The Labute approximate surface area is 90.0 Å². The first-order valence-corrected chi connectivity index (χ1v) is 7.91. The highest BCUT2D eigenvalue weighted by Gasteiger charge is 2.46. The predicted octanol–water partition coefficient (Wildman–Crippen LogP) is 2.40. The van der Waals surface area contributed by atoms with Crippen molar-refractivity contribution in [3.63, 3.8) is 0 Å². The second-order valence-electron chi connectivity index (χ2n) is 5.32. The Morgan fingerprint density at radius 1 is 1.21 bits per heavy atom. The summed E-state index contributed by atoms with van der Waals surface area (Å²) in [6.07, 6.45) is 12.0. The van der Waals surface area contributed by atoms with Gasteiger partial charge >= 0.3 is 0 Å². The molecule has 0 amide bonds. The summed E-state index contributed by atoms with van der Waals surface area (Å²) in [5, 5.41) is 0. The number of carbonyl (C=O) groups is 1. The summed E-state index contributed by atoms with van der Waals surface area (Å²) in [6.45, 7) is 0. The van der Waals surface area contributed by atoms with Crippen LogP contribution in [0.1, 0.15) is 38.5 Å². The van der Waals surface area contributed by atoms with Gasteiger partial charge in [-0.1, -0.05) is 0 Å². The van der Waals surface area contributed by atoms with Crippen molar-refractivity contribution in [1.82, 2.24) is 0 Å². The van der Waals surface area contributed by atoms with E-state index >= 15 is 0 Å². The van der Waals surface area contributed by atoms with Gasteiger partial charge in [-0.25, -0.2) is 0 Å². The fraction of sp³-hybridized carbons (Fsp3) is 0.917. The lowest BCUT2D eigenvalue weighted by molar-refractivity contribution is -0.131. The fourth-order valence-electron chi connectivity index (χ4n) is 3.08. The molecule has 0 radical (unpaired) electrons. The summed E-state index contributed by atoms with van der Waals surface area (Å²) in [4.78, 5) is 12.2. The zero-order valence-electron chi connectivity index (χ0n) is 9.34. The van der Waals surface area contributed by atoms with Crippen molar-refractivity contribution in [2.45, 2.75) is 38.5 Å². The van der Waals surface area contributed by atoms with Crippen LogP contribution < -0.4 is 0 Å². The molecule has 80 valence electrons. The van der Waals surface area contributed by atoms with Gasteiger partial charge in [0.2, 0.25) is 0 Å². The molecule has 3 aliphatic rings. The molecule has 0 aromatic heterocycles. The summed E-state index contributed by atoms with van der Waals surface area (Å²) in [5.41, 5.74) is 0.145. The van der Waals surface area contributed by atoms with Gasteiger partial charge < -0.3 is 0 Å². The third kappa shape index (κ3) is 1.86. The van der Waals surface area contributed by atoms with E-state index in [1.165, 1.54) is 38.5 Å². The summed E-state index contributed by atoms with van der Waals surface area (Å²) < 4.78 is 0. The topological polar surface area (TPSA) is 17.1 Å². The number of fused-ring (bicyclic) bond motifs is 3. The Morgan fingerprint density at radius 2 is 1.71 bits per heavy atom. The lowest BCUT2D eigenvalue weighted by atomic mass is 9.59. The molecule has 2 bridgehead atoms. The van der Waals surface area contributed by atoms with E-state index in [2.05, 4.69) is 12.5 Å². The second kappa shape index (κ2) is 3.88. The average Bonchev–Trinajstić information content (AvgIpc) is 2.19. The van der Waals surface area contributed by atoms with E-state index in [1.807, 2.05) is 0 Å². The number of rotatable bonds is 3. The maximum Gasteiger partial charge on any atom is 0.187 e. The van der Waals surface area contributed by atoms with Gasteiger partial charge in [0.15, 0.2) is 11.5 Å². The molecule has 3 saturated carbocycles. The van der Waals surface area contributed by atoms with E-state index in [9.17, 15) is 4.79 Å². The Balaban J connectivity index is 2.03. The highest BCUT2D eigenvalue weighted by Crippen LogP contribution is 2.50. The van der Waals surface area contributed by atoms with Crippen LogP contribution in [0.3, 0.4) is 0 Å². The third-order valence-electron chi connectivity index (χ3n) is 4.10. The van der Waals surface area contributed by atoms with E-state index in [0.717, 1.165) is 11.7 Å². The van der Waals surface area contributed by atoms with E-state index in [4.69, 9.17) is 0 Å². The van der Waals surface area contributed by atoms with Gasteiger partial charge in [0.25, 0.3) is 0 Å². The van der Waals surface area contributed by atoms with Crippen LogP contribution >= 0.6 is 0 Å². The molecule has 0 unspecified atom stereocenters. The smallest absolute Gasteiger partial charge is 0.187 e. The first-order valence-electron chi connectivity index (χ1n) is 5.70. The molecule has 0 N–H and O–H groups in total. The van der Waals surface area contributed by atoms with Gasteiger partial charge in [-0.3, -0.25) is 4.79 Å². The van der Waals surface area contributed by atoms with Crippen molar-refractivity contribution in [1.29, 1.82) is 0 Å². The van der Waals surface area contributed by atoms with Crippen LogP contribution in [-0.2, 0) is 15.7 Å². The molecule has 0 aliphatic heterocycles. The first kappa shape index (κ1) is 10.5. The standard InChI is InChI=1S/C12H21OS/c1-14(2)9-11(13)12-6-3-10(4-7-12)5-8-12/h10H,3-9H2,1-2H3/q+1. The highest BCUT2D eigenvalue weighted by atomic mass is 32.2. The second-order valence-corrected chi connectivity index (χ2v) is 7.58. The van der Waals surface area contributed by atoms with Gasteiger partial charge in [0.05, 0.1) is 12.5 Å². The Kier molecular flexibility index (Phi) is 2.92. The van der Waals surface area contributed by atoms with Crippen LogP contribution in [0.2, 0.25) is 0 Å². The molecular formula is C12H21OS+. The van der Waals surface area contributed by atoms with E-state index < -0.39 is 0 Å². The molecule has 3 fully saturated rings. The number of Topliss-reactive ketones (excluding diaryl/α,β-unsaturated/α-hetero) is 1. The van der Waals surface area contributed by atoms with Gasteiger partial charge in [-0.05, 0) is 55.3 Å². The van der Waals surface area contributed by atoms with Crippen LogP contribution in [0.15, 0.2) is 0 Å². The Morgan fingerprint density at radius 3 is 2.14 bits per heavy atom. The molecule has 0 aromatic carbocycles. The van der Waals surface area contributed by atoms with Crippen LogP contribution in [0.4, 0.5) is 0 Å². The van der Waals surface area contributed by atoms with Gasteiger partial charge in [0, 0.05) is 5.41 Å². The number of carbonyl (C=O) groups excluding carboxylic acids is 1. The SMILES string of the molecule is C[S+](C)CC(=O)C12CCC(CC1)CC2. The number of hydrogen-bond acceptors (Lipinski definition) is 1. The largest absolute Gasteiger partial charge is 0.294 e. The lowest BCUT2D eigenvalue weighted by Gasteiger charge is -2.44. The van der Waals surface area contributed by atoms with Crippen molar-refractivity contribution in [3.8, 4) is 0 Å². The molecule has 0 aromatic rings. The average molecular weight is 213 g/mol. The van der Waals surface area contributed by atoms with Crippen molar-refractivity contribution in [2.24, 2.45) is 11.3 Å². The normalized spacial score (nSPS) is 36.4. The van der Waals surface area contributed by atoms with Crippen LogP contribution in [0.5, 0.6) is 0 Å². The van der Waals surface area contributed by atoms with Crippen LogP contribution in [0.25, 0.3) is 0 Å². The maximum atomic E-state index is 12.2. The van der Waals surface area contributed by atoms with Gasteiger partial charge in [0.1, 0.15) is 0 Å². The summed E-state index contributed by atoms with van der Waals surface area (Å²) >= 11 is 0. The minimum absolute atomic E-state index is 0.145. The maximum absolute atomic E-state index is 12.2. The third-order valence-corrected chi connectivity index (χ3v) is 4.94. The molecule has 0 atom stereocenters. The lowest BCUT2D eigenvalue weighted by Crippen LogP contribution is -2.42. The zero-order valence-corrected chi connectivity index (χ0v) is 10.2.